The van der Waals surface area contributed by atoms with Gasteiger partial charge in [-0.25, -0.2) is 4.68 Å². The van der Waals surface area contributed by atoms with E-state index in [9.17, 15) is 15.2 Å². The second-order valence-corrected chi connectivity index (χ2v) is 4.51. The Kier molecular flexibility index (Phi) is 5.29. The van der Waals surface area contributed by atoms with Gasteiger partial charge in [-0.3, -0.25) is 4.98 Å². The summed E-state index contributed by atoms with van der Waals surface area (Å²) in [7, 11) is 0. The van der Waals surface area contributed by atoms with Gasteiger partial charge in [0.25, 0.3) is 0 Å². The number of hydrogen-bond donors (Lipinski definition) is 0. The number of nitrogens with zero attached hydrogens (tertiary/aromatic N) is 4. The molecule has 3 rings (SSSR count). The number of carbonyl (C=O) groups excluding carboxylic acids is 1. The molecule has 0 atom stereocenters. The van der Waals surface area contributed by atoms with Gasteiger partial charge in [-0.15, -0.1) is 0 Å². The molecule has 0 saturated carbocycles. The van der Waals surface area contributed by atoms with Crippen LogP contribution < -0.4 is 34.7 Å². The van der Waals surface area contributed by atoms with Crippen molar-refractivity contribution in [2.75, 3.05) is 0 Å². The van der Waals surface area contributed by atoms with Gasteiger partial charge in [0.05, 0.1) is 22.9 Å². The molecule has 0 radical (unpaired) electrons. The Morgan fingerprint density at radius 3 is 2.70 bits per heavy atom. The average Bonchev–Trinajstić information content (AvgIpc) is 3.08. The van der Waals surface area contributed by atoms with Crippen molar-refractivity contribution < 1.29 is 39.5 Å². The second kappa shape index (κ2) is 7.20. The van der Waals surface area contributed by atoms with Crippen LogP contribution in [0, 0.1) is 11.3 Å². The number of aromatic carboxylic acids is 1. The molecule has 0 fully saturated rings. The molecule has 106 valence electrons. The first-order valence-electron chi connectivity index (χ1n) is 6.41. The third kappa shape index (κ3) is 3.48. The Balaban J connectivity index is 0.00000192. The van der Waals surface area contributed by atoms with Crippen LogP contribution in [0.15, 0.2) is 55.0 Å². The van der Waals surface area contributed by atoms with Crippen LogP contribution in [0.3, 0.4) is 0 Å². The van der Waals surface area contributed by atoms with Gasteiger partial charge >= 0.3 is 29.6 Å². The Bertz CT molecular complexity index is 885. The molecule has 0 aliphatic rings. The number of benzene rings is 1. The number of rotatable bonds is 3. The summed E-state index contributed by atoms with van der Waals surface area (Å²) in [5.41, 5.74) is 2.22. The van der Waals surface area contributed by atoms with E-state index in [2.05, 4.69) is 16.2 Å². The van der Waals surface area contributed by atoms with Gasteiger partial charge < -0.3 is 9.90 Å². The number of hydrogen-bond acceptors (Lipinski definition) is 5. The molecule has 3 aromatic rings. The molecule has 6 nitrogen and oxygen atoms in total. The summed E-state index contributed by atoms with van der Waals surface area (Å²) in [5, 5.41) is 24.3. The van der Waals surface area contributed by atoms with E-state index in [1.807, 2.05) is 0 Å². The summed E-state index contributed by atoms with van der Waals surface area (Å²) in [6.07, 6.45) is 4.76. The smallest absolute Gasteiger partial charge is 0.545 e. The summed E-state index contributed by atoms with van der Waals surface area (Å²) in [5.74, 6) is -1.27. The molecular weight excluding hydrogens is 303 g/mol. The van der Waals surface area contributed by atoms with Crippen LogP contribution in [0.5, 0.6) is 0 Å². The van der Waals surface area contributed by atoms with E-state index >= 15 is 0 Å². The van der Waals surface area contributed by atoms with E-state index in [4.69, 9.17) is 0 Å². The SMILES string of the molecule is N#Cc1cc(-c2cc(C(=O)[O-])ccn2)ccc1-n1cccn1.[Na+]. The summed E-state index contributed by atoms with van der Waals surface area (Å²) < 4.78 is 1.59. The van der Waals surface area contributed by atoms with E-state index in [0.717, 1.165) is 0 Å². The van der Waals surface area contributed by atoms with E-state index < -0.39 is 5.97 Å². The molecule has 7 heteroatoms. The summed E-state index contributed by atoms with van der Waals surface area (Å²) in [6, 6.07) is 11.8. The molecule has 0 aliphatic heterocycles. The van der Waals surface area contributed by atoms with Crippen molar-refractivity contribution in [3.63, 3.8) is 0 Å². The van der Waals surface area contributed by atoms with E-state index in [1.165, 1.54) is 18.3 Å². The predicted molar refractivity (Wildman–Crippen MR) is 75.8 cm³/mol. The van der Waals surface area contributed by atoms with Gasteiger partial charge in [-0.1, -0.05) is 6.07 Å². The molecule has 0 saturated heterocycles. The van der Waals surface area contributed by atoms with Gasteiger partial charge in [0, 0.05) is 29.7 Å². The van der Waals surface area contributed by atoms with Crippen molar-refractivity contribution in [2.45, 2.75) is 0 Å². The van der Waals surface area contributed by atoms with E-state index in [1.54, 1.807) is 41.3 Å². The molecular formula is C16H9N4NaO2. The van der Waals surface area contributed by atoms with Crippen molar-refractivity contribution in [2.24, 2.45) is 0 Å². The monoisotopic (exact) mass is 312 g/mol. The topological polar surface area (TPSA) is 94.6 Å². The van der Waals surface area contributed by atoms with Gasteiger partial charge in [-0.05, 0) is 30.3 Å². The third-order valence-electron chi connectivity index (χ3n) is 3.16. The molecule has 0 amide bonds. The van der Waals surface area contributed by atoms with Crippen LogP contribution >= 0.6 is 0 Å². The van der Waals surface area contributed by atoms with Crippen molar-refractivity contribution >= 4 is 5.97 Å². The fourth-order valence-corrected chi connectivity index (χ4v) is 2.11. The molecule has 0 spiro atoms. The number of nitriles is 1. The zero-order valence-electron chi connectivity index (χ0n) is 12.3. The molecule has 0 bridgehead atoms. The van der Waals surface area contributed by atoms with E-state index in [0.29, 0.717) is 22.5 Å². The number of aromatic nitrogens is 3. The van der Waals surface area contributed by atoms with Gasteiger partial charge in [0.15, 0.2) is 0 Å². The molecule has 2 heterocycles. The van der Waals surface area contributed by atoms with Crippen molar-refractivity contribution in [3.05, 3.63) is 66.1 Å². The minimum Gasteiger partial charge on any atom is -0.545 e. The maximum Gasteiger partial charge on any atom is 1.00 e. The summed E-state index contributed by atoms with van der Waals surface area (Å²) in [4.78, 5) is 15.1. The fourth-order valence-electron chi connectivity index (χ4n) is 2.11. The Hall–Kier alpha value is -2.46. The molecule has 1 aromatic carbocycles. The minimum atomic E-state index is -1.27. The first-order chi connectivity index (χ1) is 10.7. The summed E-state index contributed by atoms with van der Waals surface area (Å²) >= 11 is 0. The van der Waals surface area contributed by atoms with Gasteiger partial charge in [-0.2, -0.15) is 10.4 Å². The summed E-state index contributed by atoms with van der Waals surface area (Å²) in [6.45, 7) is 0. The molecule has 0 N–H and O–H groups in total. The fraction of sp³-hybridized carbons (Fsp3) is 0. The van der Waals surface area contributed by atoms with Gasteiger partial charge in [0.2, 0.25) is 0 Å². The molecule has 0 aliphatic carbocycles. The standard InChI is InChI=1S/C16H10N4O2.Na/c17-10-13-8-11(2-3-15(13)20-7-1-5-19-20)14-9-12(16(21)22)4-6-18-14;/h1-9H,(H,21,22);/q;+1/p-1. The number of pyridine rings is 1. The molecule has 0 unspecified atom stereocenters. The van der Waals surface area contributed by atoms with Gasteiger partial charge in [0.1, 0.15) is 6.07 Å². The first kappa shape index (κ1) is 16.9. The number of carbonyl (C=O) groups is 1. The van der Waals surface area contributed by atoms with Crippen LogP contribution in [0.1, 0.15) is 15.9 Å². The quantitative estimate of drug-likeness (QED) is 0.530. The largest absolute Gasteiger partial charge is 1.00 e. The Morgan fingerprint density at radius 1 is 1.22 bits per heavy atom. The first-order valence-corrected chi connectivity index (χ1v) is 6.41. The third-order valence-corrected chi connectivity index (χ3v) is 3.16. The Morgan fingerprint density at radius 2 is 2.04 bits per heavy atom. The average molecular weight is 312 g/mol. The minimum absolute atomic E-state index is 0. The predicted octanol–water partition coefficient (Wildman–Crippen LogP) is -1.83. The van der Waals surface area contributed by atoms with Crippen LogP contribution in [-0.4, -0.2) is 20.7 Å². The molecule has 23 heavy (non-hydrogen) atoms. The Labute approximate surface area is 154 Å². The van der Waals surface area contributed by atoms with Crippen molar-refractivity contribution in [1.82, 2.24) is 14.8 Å². The van der Waals surface area contributed by atoms with Crippen LogP contribution in [0.2, 0.25) is 0 Å². The zero-order chi connectivity index (χ0) is 15.5. The van der Waals surface area contributed by atoms with Crippen LogP contribution in [0.4, 0.5) is 0 Å². The van der Waals surface area contributed by atoms with Crippen LogP contribution in [0.25, 0.3) is 16.9 Å². The molecule has 2 aromatic heterocycles. The van der Waals surface area contributed by atoms with Crippen molar-refractivity contribution in [3.8, 4) is 23.0 Å². The van der Waals surface area contributed by atoms with Crippen LogP contribution in [-0.2, 0) is 0 Å². The normalized spacial score (nSPS) is 9.70. The van der Waals surface area contributed by atoms with Crippen molar-refractivity contribution in [1.29, 1.82) is 5.26 Å². The second-order valence-electron chi connectivity index (χ2n) is 4.51. The maximum atomic E-state index is 10.9. The number of carboxylic acid groups (broad SMARTS) is 1. The number of carboxylic acids is 1. The maximum absolute atomic E-state index is 10.9. The zero-order valence-corrected chi connectivity index (χ0v) is 14.3. The van der Waals surface area contributed by atoms with E-state index in [-0.39, 0.29) is 35.1 Å².